The summed E-state index contributed by atoms with van der Waals surface area (Å²) in [5.74, 6) is 0.671. The van der Waals surface area contributed by atoms with Crippen LogP contribution in [-0.2, 0) is 4.87 Å². The quantitative estimate of drug-likeness (QED) is 0.654. The zero-order valence-corrected chi connectivity index (χ0v) is 14.5. The van der Waals surface area contributed by atoms with Gasteiger partial charge in [0.1, 0.15) is 16.2 Å². The van der Waals surface area contributed by atoms with Gasteiger partial charge in [-0.15, -0.1) is 0 Å². The van der Waals surface area contributed by atoms with E-state index in [0.717, 1.165) is 16.0 Å². The Labute approximate surface area is 144 Å². The first kappa shape index (κ1) is 15.1. The summed E-state index contributed by atoms with van der Waals surface area (Å²) in [6.07, 6.45) is 0. The third-order valence-electron chi connectivity index (χ3n) is 4.62. The molecule has 1 aliphatic heterocycles. The molecule has 0 radical (unpaired) electrons. The third-order valence-corrected chi connectivity index (χ3v) is 6.07. The molecule has 3 aromatic rings. The maximum atomic E-state index is 12.7. The van der Waals surface area contributed by atoms with E-state index in [0.29, 0.717) is 16.9 Å². The van der Waals surface area contributed by atoms with E-state index in [1.165, 1.54) is 0 Å². The fraction of sp³-hybridized carbons (Fsp3) is 0.211. The molecule has 0 aliphatic carbocycles. The molecule has 2 aromatic carbocycles. The highest BCUT2D eigenvalue weighted by Gasteiger charge is 2.42. The molecule has 0 spiro atoms. The Kier molecular flexibility index (Phi) is 3.35. The lowest BCUT2D eigenvalue weighted by Gasteiger charge is -2.32. The summed E-state index contributed by atoms with van der Waals surface area (Å²) < 4.78 is 10.8. The smallest absolute Gasteiger partial charge is 0.342 e. The Morgan fingerprint density at radius 3 is 2.71 bits per heavy atom. The van der Waals surface area contributed by atoms with Crippen LogP contribution in [-0.4, -0.2) is 14.2 Å². The number of hydrogen-bond acceptors (Lipinski definition) is 5. The lowest BCUT2D eigenvalue weighted by atomic mass is 10.1. The van der Waals surface area contributed by atoms with Gasteiger partial charge in [0.05, 0.1) is 18.4 Å². The first-order valence-corrected chi connectivity index (χ1v) is 8.49. The van der Waals surface area contributed by atoms with E-state index in [-0.39, 0.29) is 5.63 Å². The summed E-state index contributed by atoms with van der Waals surface area (Å²) in [4.78, 5) is 15.5. The molecule has 4 rings (SSSR count). The Bertz CT molecular complexity index is 997. The first-order chi connectivity index (χ1) is 11.5. The standard InChI is InChI=1S/C19H17NO3S/c1-19(20(2)15-6-4-5-7-17(15)24-19)14-10-12-8-9-13(22-3)11-16(12)23-18(14)21/h4-11H,1-3H3. The molecule has 0 saturated carbocycles. The van der Waals surface area contributed by atoms with Gasteiger partial charge in [-0.05, 0) is 37.3 Å². The highest BCUT2D eigenvalue weighted by atomic mass is 32.2. The Morgan fingerprint density at radius 2 is 1.96 bits per heavy atom. The van der Waals surface area contributed by atoms with E-state index in [2.05, 4.69) is 24.0 Å². The number of anilines is 1. The molecule has 0 amide bonds. The Hall–Kier alpha value is -2.40. The molecule has 24 heavy (non-hydrogen) atoms. The normalized spacial score (nSPS) is 19.5. The van der Waals surface area contributed by atoms with Crippen LogP contribution in [0, 0.1) is 0 Å². The highest BCUT2D eigenvalue weighted by molar-refractivity contribution is 8.00. The number of benzene rings is 2. The van der Waals surface area contributed by atoms with Crippen LogP contribution in [0.1, 0.15) is 12.5 Å². The van der Waals surface area contributed by atoms with Crippen LogP contribution in [0.25, 0.3) is 11.0 Å². The average Bonchev–Trinajstić information content (AvgIpc) is 2.85. The molecule has 0 saturated heterocycles. The van der Waals surface area contributed by atoms with Crippen LogP contribution < -0.4 is 15.3 Å². The first-order valence-electron chi connectivity index (χ1n) is 7.67. The predicted octanol–water partition coefficient (Wildman–Crippen LogP) is 4.22. The summed E-state index contributed by atoms with van der Waals surface area (Å²) in [7, 11) is 3.60. The van der Waals surface area contributed by atoms with Gasteiger partial charge in [-0.25, -0.2) is 4.79 Å². The van der Waals surface area contributed by atoms with Crippen LogP contribution in [0.5, 0.6) is 5.75 Å². The van der Waals surface area contributed by atoms with Crippen molar-refractivity contribution in [2.45, 2.75) is 16.7 Å². The van der Waals surface area contributed by atoms with Gasteiger partial charge >= 0.3 is 5.63 Å². The summed E-state index contributed by atoms with van der Waals surface area (Å²) in [6.45, 7) is 2.05. The van der Waals surface area contributed by atoms with Gasteiger partial charge in [-0.2, -0.15) is 0 Å². The fourth-order valence-electron chi connectivity index (χ4n) is 3.11. The summed E-state index contributed by atoms with van der Waals surface area (Å²) in [5, 5.41) is 0.886. The van der Waals surface area contributed by atoms with Gasteiger partial charge < -0.3 is 14.1 Å². The molecule has 1 unspecified atom stereocenters. The van der Waals surface area contributed by atoms with Crippen molar-refractivity contribution in [2.75, 3.05) is 19.1 Å². The van der Waals surface area contributed by atoms with Gasteiger partial charge in [-0.1, -0.05) is 23.9 Å². The van der Waals surface area contributed by atoms with Crippen molar-refractivity contribution in [1.29, 1.82) is 0 Å². The number of rotatable bonds is 2. The minimum atomic E-state index is -0.502. The average molecular weight is 339 g/mol. The van der Waals surface area contributed by atoms with Crippen molar-refractivity contribution in [2.24, 2.45) is 0 Å². The topological polar surface area (TPSA) is 42.7 Å². The number of ether oxygens (including phenoxy) is 1. The second-order valence-electron chi connectivity index (χ2n) is 5.96. The van der Waals surface area contributed by atoms with Crippen LogP contribution in [0.4, 0.5) is 5.69 Å². The van der Waals surface area contributed by atoms with Gasteiger partial charge in [0, 0.05) is 23.4 Å². The van der Waals surface area contributed by atoms with Crippen LogP contribution >= 0.6 is 11.8 Å². The molecule has 0 bridgehead atoms. The predicted molar refractivity (Wildman–Crippen MR) is 97.1 cm³/mol. The van der Waals surface area contributed by atoms with Gasteiger partial charge in [0.2, 0.25) is 0 Å². The van der Waals surface area contributed by atoms with Crippen molar-refractivity contribution in [1.82, 2.24) is 0 Å². The monoisotopic (exact) mass is 339 g/mol. The van der Waals surface area contributed by atoms with E-state index in [4.69, 9.17) is 9.15 Å². The zero-order chi connectivity index (χ0) is 16.9. The van der Waals surface area contributed by atoms with E-state index >= 15 is 0 Å². The molecule has 0 N–H and O–H groups in total. The van der Waals surface area contributed by atoms with Gasteiger partial charge in [0.15, 0.2) is 0 Å². The van der Waals surface area contributed by atoms with Crippen molar-refractivity contribution >= 4 is 28.4 Å². The molecule has 0 fully saturated rings. The molecule has 5 heteroatoms. The molecule has 2 heterocycles. The van der Waals surface area contributed by atoms with Crippen LogP contribution in [0.15, 0.2) is 62.6 Å². The third kappa shape index (κ3) is 2.12. The number of nitrogens with zero attached hydrogens (tertiary/aromatic N) is 1. The van der Waals surface area contributed by atoms with Crippen molar-refractivity contribution in [3.63, 3.8) is 0 Å². The van der Waals surface area contributed by atoms with Gasteiger partial charge in [-0.3, -0.25) is 0 Å². The number of para-hydroxylation sites is 1. The maximum absolute atomic E-state index is 12.7. The highest BCUT2D eigenvalue weighted by Crippen LogP contribution is 2.53. The van der Waals surface area contributed by atoms with E-state index in [9.17, 15) is 4.79 Å². The fourth-order valence-corrected chi connectivity index (χ4v) is 4.48. The Balaban J connectivity index is 1.88. The molecular formula is C19H17NO3S. The van der Waals surface area contributed by atoms with Crippen molar-refractivity contribution in [3.8, 4) is 5.75 Å². The number of thioether (sulfide) groups is 1. The minimum absolute atomic E-state index is 0.314. The summed E-state index contributed by atoms with van der Waals surface area (Å²) in [5.41, 5.74) is 1.99. The molecule has 1 aromatic heterocycles. The van der Waals surface area contributed by atoms with Crippen LogP contribution in [0.2, 0.25) is 0 Å². The van der Waals surface area contributed by atoms with E-state index < -0.39 is 4.87 Å². The number of hydrogen-bond donors (Lipinski definition) is 0. The SMILES string of the molecule is COc1ccc2cc(C3(C)Sc4ccccc4N3C)c(=O)oc2c1. The molecular weight excluding hydrogens is 322 g/mol. The zero-order valence-electron chi connectivity index (χ0n) is 13.7. The maximum Gasteiger partial charge on any atom is 0.342 e. The molecule has 1 atom stereocenters. The molecule has 1 aliphatic rings. The lowest BCUT2D eigenvalue weighted by molar-refractivity contribution is 0.414. The number of methoxy groups -OCH3 is 1. The van der Waals surface area contributed by atoms with Gasteiger partial charge in [0.25, 0.3) is 0 Å². The molecule has 4 nitrogen and oxygen atoms in total. The van der Waals surface area contributed by atoms with E-state index in [1.807, 2.05) is 37.4 Å². The second-order valence-corrected chi connectivity index (χ2v) is 7.40. The largest absolute Gasteiger partial charge is 0.497 e. The summed E-state index contributed by atoms with van der Waals surface area (Å²) >= 11 is 1.67. The Morgan fingerprint density at radius 1 is 1.17 bits per heavy atom. The van der Waals surface area contributed by atoms with Crippen LogP contribution in [0.3, 0.4) is 0 Å². The summed E-state index contributed by atoms with van der Waals surface area (Å²) in [6, 6.07) is 15.6. The van der Waals surface area contributed by atoms with E-state index in [1.54, 1.807) is 24.9 Å². The minimum Gasteiger partial charge on any atom is -0.497 e. The number of fused-ring (bicyclic) bond motifs is 2. The molecule has 122 valence electrons. The van der Waals surface area contributed by atoms with Crippen molar-refractivity contribution in [3.05, 3.63) is 64.5 Å². The lowest BCUT2D eigenvalue weighted by Crippen LogP contribution is -2.38. The van der Waals surface area contributed by atoms with Crippen molar-refractivity contribution < 1.29 is 9.15 Å². The second kappa shape index (κ2) is 5.31.